The Morgan fingerprint density at radius 2 is 2.13 bits per heavy atom. The second-order valence-corrected chi connectivity index (χ2v) is 3.67. The first-order valence-electron chi connectivity index (χ1n) is 4.32. The van der Waals surface area contributed by atoms with Crippen LogP contribution in [0.4, 0.5) is 0 Å². The van der Waals surface area contributed by atoms with Crippen LogP contribution in [-0.2, 0) is 14.1 Å². The Hall–Kier alpha value is -0.620. The number of aromatic nitrogens is 3. The molecule has 1 heterocycles. The fourth-order valence-electron chi connectivity index (χ4n) is 1.44. The molecule has 1 aromatic heterocycles. The third kappa shape index (κ3) is 2.69. The number of hydrogen-bond acceptors (Lipinski definition) is 1. The van der Waals surface area contributed by atoms with Gasteiger partial charge < -0.3 is 24.0 Å². The second-order valence-electron chi connectivity index (χ2n) is 3.23. The number of hydrogen-bond donors (Lipinski definition) is 0. The highest BCUT2D eigenvalue weighted by molar-refractivity contribution is 6.30. The van der Waals surface area contributed by atoms with E-state index < -0.39 is 0 Å². The third-order valence-corrected chi connectivity index (χ3v) is 2.24. The number of rotatable bonds is 1. The molecule has 0 fully saturated rings. The molecule has 0 saturated heterocycles. The van der Waals surface area contributed by atoms with E-state index >= 15 is 0 Å². The molecule has 0 aliphatic heterocycles. The van der Waals surface area contributed by atoms with Gasteiger partial charge in [0.25, 0.3) is 0 Å². The summed E-state index contributed by atoms with van der Waals surface area (Å²) in [5, 5.41) is 5.07. The fourth-order valence-corrected chi connectivity index (χ4v) is 1.63. The minimum atomic E-state index is 0. The molecule has 0 N–H and O–H groups in total. The summed E-state index contributed by atoms with van der Waals surface area (Å²) >= 11 is 5.91. The lowest BCUT2D eigenvalue weighted by atomic mass is 10.2. The zero-order valence-corrected chi connectivity index (χ0v) is 11.4. The van der Waals surface area contributed by atoms with Crippen molar-refractivity contribution in [3.8, 4) is 11.4 Å². The van der Waals surface area contributed by atoms with Crippen LogP contribution in [0.3, 0.4) is 0 Å². The van der Waals surface area contributed by atoms with Crippen LogP contribution in [0.15, 0.2) is 30.6 Å². The van der Waals surface area contributed by atoms with Crippen LogP contribution in [0.25, 0.3) is 11.4 Å². The maximum absolute atomic E-state index is 5.91. The van der Waals surface area contributed by atoms with Gasteiger partial charge in [-0.05, 0) is 18.2 Å². The Balaban J connectivity index is 0.00000112. The van der Waals surface area contributed by atoms with Gasteiger partial charge in [-0.15, -0.1) is 4.68 Å². The molecule has 2 aromatic rings. The molecule has 0 radical (unpaired) electrons. The Morgan fingerprint density at radius 3 is 2.67 bits per heavy atom. The van der Waals surface area contributed by atoms with Gasteiger partial charge >= 0.3 is 5.82 Å². The fraction of sp³-hybridized carbons (Fsp3) is 0.200. The summed E-state index contributed by atoms with van der Waals surface area (Å²) < 4.78 is 3.74. The van der Waals surface area contributed by atoms with Crippen LogP contribution in [0.5, 0.6) is 0 Å². The normalized spacial score (nSPS) is 9.80. The van der Waals surface area contributed by atoms with Gasteiger partial charge in [0.1, 0.15) is 0 Å². The van der Waals surface area contributed by atoms with E-state index in [9.17, 15) is 0 Å². The van der Waals surface area contributed by atoms with Gasteiger partial charge in [-0.3, -0.25) is 0 Å². The summed E-state index contributed by atoms with van der Waals surface area (Å²) in [6.07, 6.45) is 1.91. The van der Waals surface area contributed by atoms with E-state index in [1.165, 1.54) is 0 Å². The maximum Gasteiger partial charge on any atom is 0.308 e. The molecule has 0 bridgehead atoms. The molecule has 0 aliphatic carbocycles. The Morgan fingerprint density at radius 1 is 1.40 bits per heavy atom. The average Bonchev–Trinajstić information content (AvgIpc) is 2.45. The molecule has 5 heteroatoms. The van der Waals surface area contributed by atoms with Gasteiger partial charge in [0.15, 0.2) is 0 Å². The predicted octanol–water partition coefficient (Wildman–Crippen LogP) is -1.43. The van der Waals surface area contributed by atoms with Gasteiger partial charge in [0.05, 0.1) is 19.7 Å². The minimum Gasteiger partial charge on any atom is -1.00 e. The van der Waals surface area contributed by atoms with Crippen molar-refractivity contribution in [3.05, 3.63) is 35.6 Å². The van der Waals surface area contributed by atoms with Crippen molar-refractivity contribution in [2.75, 3.05) is 0 Å². The van der Waals surface area contributed by atoms with E-state index in [1.807, 2.05) is 49.3 Å². The van der Waals surface area contributed by atoms with E-state index in [0.717, 1.165) is 16.4 Å². The average molecular weight is 336 g/mol. The molecule has 15 heavy (non-hydrogen) atoms. The van der Waals surface area contributed by atoms with E-state index in [2.05, 4.69) is 5.10 Å². The summed E-state index contributed by atoms with van der Waals surface area (Å²) in [6, 6.07) is 7.68. The van der Waals surface area contributed by atoms with Gasteiger partial charge in [-0.2, -0.15) is 0 Å². The van der Waals surface area contributed by atoms with Crippen LogP contribution in [0.1, 0.15) is 0 Å². The maximum atomic E-state index is 5.91. The van der Waals surface area contributed by atoms with E-state index in [4.69, 9.17) is 11.6 Å². The van der Waals surface area contributed by atoms with Gasteiger partial charge in [0.2, 0.25) is 6.33 Å². The summed E-state index contributed by atoms with van der Waals surface area (Å²) in [4.78, 5) is 0. The molecule has 2 rings (SSSR count). The van der Waals surface area contributed by atoms with Gasteiger partial charge in [-0.25, -0.2) is 4.57 Å². The van der Waals surface area contributed by atoms with Crippen molar-refractivity contribution < 1.29 is 28.5 Å². The van der Waals surface area contributed by atoms with Crippen LogP contribution in [0, 0.1) is 0 Å². The number of aryl methyl sites for hydroxylation is 2. The number of benzene rings is 1. The van der Waals surface area contributed by atoms with Crippen molar-refractivity contribution >= 4 is 11.6 Å². The van der Waals surface area contributed by atoms with E-state index in [0.29, 0.717) is 0 Å². The molecule has 3 nitrogen and oxygen atoms in total. The largest absolute Gasteiger partial charge is 1.00 e. The summed E-state index contributed by atoms with van der Waals surface area (Å²) in [6.45, 7) is 0. The quantitative estimate of drug-likeness (QED) is 0.463. The highest BCUT2D eigenvalue weighted by Gasteiger charge is 2.13. The van der Waals surface area contributed by atoms with Crippen molar-refractivity contribution in [1.82, 2.24) is 9.78 Å². The first-order chi connectivity index (χ1) is 6.66. The smallest absolute Gasteiger partial charge is 0.308 e. The molecular weight excluding hydrogens is 324 g/mol. The molecule has 0 saturated carbocycles. The first kappa shape index (κ1) is 12.4. The SMILES string of the molecule is Cn1c[n+](C)c(-c2cccc(Cl)c2)n1.[I-]. The highest BCUT2D eigenvalue weighted by Crippen LogP contribution is 2.17. The van der Waals surface area contributed by atoms with Crippen LogP contribution in [0.2, 0.25) is 5.02 Å². The lowest BCUT2D eigenvalue weighted by Crippen LogP contribution is -3.00. The summed E-state index contributed by atoms with van der Waals surface area (Å²) in [7, 11) is 3.86. The van der Waals surface area contributed by atoms with Gasteiger partial charge in [0, 0.05) is 10.1 Å². The van der Waals surface area contributed by atoms with Crippen molar-refractivity contribution in [3.63, 3.8) is 0 Å². The number of nitrogens with zero attached hydrogens (tertiary/aromatic N) is 3. The van der Waals surface area contributed by atoms with Crippen LogP contribution >= 0.6 is 11.6 Å². The highest BCUT2D eigenvalue weighted by atomic mass is 127. The molecule has 0 unspecified atom stereocenters. The summed E-state index contributed by atoms with van der Waals surface area (Å²) in [5.41, 5.74) is 1.03. The zero-order valence-electron chi connectivity index (χ0n) is 8.48. The monoisotopic (exact) mass is 335 g/mol. The molecule has 0 atom stereocenters. The Kier molecular flexibility index (Phi) is 4.10. The van der Waals surface area contributed by atoms with Crippen LogP contribution in [-0.4, -0.2) is 9.78 Å². The van der Waals surface area contributed by atoms with Gasteiger partial charge in [-0.1, -0.05) is 17.7 Å². The molecule has 0 aliphatic rings. The lowest BCUT2D eigenvalue weighted by Gasteiger charge is -1.94. The second kappa shape index (κ2) is 4.94. The van der Waals surface area contributed by atoms with E-state index in [1.54, 1.807) is 4.68 Å². The number of halogens is 2. The van der Waals surface area contributed by atoms with Crippen molar-refractivity contribution in [2.24, 2.45) is 14.1 Å². The third-order valence-electron chi connectivity index (χ3n) is 2.01. The molecule has 80 valence electrons. The van der Waals surface area contributed by atoms with Crippen molar-refractivity contribution in [2.45, 2.75) is 0 Å². The Bertz CT molecular complexity index is 467. The standard InChI is InChI=1S/C10H11ClN3.HI/c1-13-7-14(2)12-10(13)8-4-3-5-9(11)6-8;/h3-7H,1-2H3;1H/q+1;/p-1. The molecule has 0 amide bonds. The minimum absolute atomic E-state index is 0. The molecular formula is C10H11ClIN3. The first-order valence-corrected chi connectivity index (χ1v) is 4.70. The van der Waals surface area contributed by atoms with Crippen molar-refractivity contribution in [1.29, 1.82) is 0 Å². The Labute approximate surface area is 111 Å². The molecule has 0 spiro atoms. The lowest BCUT2D eigenvalue weighted by molar-refractivity contribution is -0.661. The van der Waals surface area contributed by atoms with E-state index in [-0.39, 0.29) is 24.0 Å². The topological polar surface area (TPSA) is 21.7 Å². The van der Waals surface area contributed by atoms with Crippen LogP contribution < -0.4 is 28.5 Å². The zero-order chi connectivity index (χ0) is 10.1. The predicted molar refractivity (Wildman–Crippen MR) is 54.8 cm³/mol. The molecule has 1 aromatic carbocycles. The summed E-state index contributed by atoms with van der Waals surface area (Å²) in [5.74, 6) is 0.912.